The van der Waals surface area contributed by atoms with Crippen LogP contribution in [0.15, 0.2) is 42.0 Å². The Balaban J connectivity index is 2.48. The zero-order valence-electron chi connectivity index (χ0n) is 16.3. The summed E-state index contributed by atoms with van der Waals surface area (Å²) in [4.78, 5) is 28.8. The first-order chi connectivity index (χ1) is 13.5. The molecule has 156 valence electrons. The number of hydrogen-bond donors (Lipinski definition) is 2. The summed E-state index contributed by atoms with van der Waals surface area (Å²) in [6.45, 7) is 6.23. The SMILES string of the molecule is C=C/C=C(\C)c1cc2ncn(CC[C@](C)(C(=O)NO)S(C)(=O)=O)c(=O)c2cc1F. The minimum Gasteiger partial charge on any atom is -0.299 e. The number of nitrogens with one attached hydrogen (secondary N) is 1. The van der Waals surface area contributed by atoms with E-state index in [0.717, 1.165) is 23.8 Å². The molecule has 0 aliphatic carbocycles. The van der Waals surface area contributed by atoms with Crippen LogP contribution in [0.25, 0.3) is 16.5 Å². The van der Waals surface area contributed by atoms with Crippen LogP contribution in [0.2, 0.25) is 0 Å². The number of carbonyl (C=O) groups is 1. The maximum Gasteiger partial charge on any atom is 0.264 e. The van der Waals surface area contributed by atoms with Gasteiger partial charge in [0.1, 0.15) is 5.82 Å². The number of fused-ring (bicyclic) bond motifs is 1. The quantitative estimate of drug-likeness (QED) is 0.398. The third-order valence-corrected chi connectivity index (χ3v) is 6.96. The van der Waals surface area contributed by atoms with Crippen molar-refractivity contribution in [1.29, 1.82) is 0 Å². The number of sulfone groups is 1. The van der Waals surface area contributed by atoms with Crippen molar-refractivity contribution in [2.75, 3.05) is 6.26 Å². The first-order valence-electron chi connectivity index (χ1n) is 8.58. The molecule has 1 heterocycles. The molecule has 1 atom stereocenters. The molecule has 2 rings (SSSR count). The zero-order chi connectivity index (χ0) is 22.0. The predicted molar refractivity (Wildman–Crippen MR) is 108 cm³/mol. The molecule has 0 aliphatic heterocycles. The van der Waals surface area contributed by atoms with Gasteiger partial charge in [-0.1, -0.05) is 18.7 Å². The van der Waals surface area contributed by atoms with Gasteiger partial charge in [0.25, 0.3) is 11.5 Å². The number of rotatable bonds is 7. The summed E-state index contributed by atoms with van der Waals surface area (Å²) in [6.07, 6.45) is 4.92. The summed E-state index contributed by atoms with van der Waals surface area (Å²) in [7, 11) is -3.91. The molecule has 0 saturated heterocycles. The molecule has 1 amide bonds. The Morgan fingerprint density at radius 1 is 1.45 bits per heavy atom. The van der Waals surface area contributed by atoms with E-state index >= 15 is 0 Å². The fraction of sp³-hybridized carbons (Fsp3) is 0.316. The number of halogens is 1. The van der Waals surface area contributed by atoms with Gasteiger partial charge in [-0.2, -0.15) is 0 Å². The van der Waals surface area contributed by atoms with Crippen molar-refractivity contribution < 1.29 is 22.8 Å². The Bertz CT molecular complexity index is 1170. The number of benzene rings is 1. The smallest absolute Gasteiger partial charge is 0.264 e. The molecular formula is C19H22FN3O5S. The topological polar surface area (TPSA) is 118 Å². The average molecular weight is 423 g/mol. The van der Waals surface area contributed by atoms with Gasteiger partial charge >= 0.3 is 0 Å². The van der Waals surface area contributed by atoms with Crippen LogP contribution in [0.4, 0.5) is 4.39 Å². The van der Waals surface area contributed by atoms with E-state index in [2.05, 4.69) is 11.6 Å². The summed E-state index contributed by atoms with van der Waals surface area (Å²) >= 11 is 0. The van der Waals surface area contributed by atoms with Gasteiger partial charge in [-0.15, -0.1) is 0 Å². The second kappa shape index (κ2) is 8.26. The van der Waals surface area contributed by atoms with Crippen molar-refractivity contribution in [2.45, 2.75) is 31.6 Å². The van der Waals surface area contributed by atoms with Crippen molar-refractivity contribution in [2.24, 2.45) is 0 Å². The lowest BCUT2D eigenvalue weighted by Gasteiger charge is -2.25. The summed E-state index contributed by atoms with van der Waals surface area (Å²) < 4.78 is 37.7. The molecule has 0 bridgehead atoms. The van der Waals surface area contributed by atoms with Crippen LogP contribution in [0.1, 0.15) is 25.8 Å². The Hall–Kier alpha value is -2.85. The third kappa shape index (κ3) is 4.28. The highest BCUT2D eigenvalue weighted by atomic mass is 32.2. The van der Waals surface area contributed by atoms with Crippen LogP contribution in [-0.4, -0.2) is 40.1 Å². The van der Waals surface area contributed by atoms with Crippen LogP contribution in [0.3, 0.4) is 0 Å². The van der Waals surface area contributed by atoms with Crippen molar-refractivity contribution in [3.63, 3.8) is 0 Å². The van der Waals surface area contributed by atoms with Crippen LogP contribution in [0, 0.1) is 5.82 Å². The lowest BCUT2D eigenvalue weighted by atomic mass is 10.0. The van der Waals surface area contributed by atoms with Crippen molar-refractivity contribution in [3.05, 3.63) is 58.9 Å². The molecular weight excluding hydrogens is 401 g/mol. The molecule has 10 heteroatoms. The van der Waals surface area contributed by atoms with Crippen molar-refractivity contribution >= 4 is 32.2 Å². The molecule has 29 heavy (non-hydrogen) atoms. The average Bonchev–Trinajstić information content (AvgIpc) is 2.65. The molecule has 8 nitrogen and oxygen atoms in total. The first-order valence-corrected chi connectivity index (χ1v) is 10.5. The molecule has 0 unspecified atom stereocenters. The number of hydrogen-bond acceptors (Lipinski definition) is 6. The number of allylic oxidation sites excluding steroid dienone is 3. The van der Waals surface area contributed by atoms with E-state index in [0.29, 0.717) is 5.57 Å². The zero-order valence-corrected chi connectivity index (χ0v) is 17.1. The summed E-state index contributed by atoms with van der Waals surface area (Å²) in [5.74, 6) is -1.72. The molecule has 0 radical (unpaired) electrons. The van der Waals surface area contributed by atoms with Gasteiger partial charge in [-0.05, 0) is 38.0 Å². The number of nitrogens with zero attached hydrogens (tertiary/aromatic N) is 2. The summed E-state index contributed by atoms with van der Waals surface area (Å²) in [5.41, 5.74) is 1.94. The van der Waals surface area contributed by atoms with E-state index in [-0.39, 0.29) is 29.4 Å². The molecule has 0 fully saturated rings. The van der Waals surface area contributed by atoms with Gasteiger partial charge in [0.2, 0.25) is 0 Å². The Morgan fingerprint density at radius 3 is 2.66 bits per heavy atom. The van der Waals surface area contributed by atoms with E-state index in [9.17, 15) is 22.4 Å². The molecule has 0 saturated carbocycles. The standard InChI is InChI=1S/C19H22FN3O5S/c1-5-6-12(2)13-10-16-14(9-15(13)20)17(24)23(11-21-16)8-7-19(3,18(25)22-26)29(4,27)28/h5-6,9-11,26H,1,7-8H2,2-4H3,(H,22,25)/b12-6+/t19-/m1/s1. The lowest BCUT2D eigenvalue weighted by Crippen LogP contribution is -2.50. The monoisotopic (exact) mass is 423 g/mol. The van der Waals surface area contributed by atoms with Gasteiger partial charge in [0, 0.05) is 18.4 Å². The largest absolute Gasteiger partial charge is 0.299 e. The van der Waals surface area contributed by atoms with E-state index < -0.39 is 31.9 Å². The number of hydroxylamine groups is 1. The number of amides is 1. The van der Waals surface area contributed by atoms with E-state index in [1.807, 2.05) is 0 Å². The Labute approximate surface area is 167 Å². The highest BCUT2D eigenvalue weighted by Gasteiger charge is 2.43. The van der Waals surface area contributed by atoms with Crippen molar-refractivity contribution in [3.8, 4) is 0 Å². The molecule has 2 N–H and O–H groups in total. The van der Waals surface area contributed by atoms with E-state index in [4.69, 9.17) is 5.21 Å². The van der Waals surface area contributed by atoms with Gasteiger partial charge < -0.3 is 0 Å². The maximum absolute atomic E-state index is 14.5. The molecule has 2 aromatic rings. The predicted octanol–water partition coefficient (Wildman–Crippen LogP) is 1.82. The van der Waals surface area contributed by atoms with Crippen LogP contribution in [0.5, 0.6) is 0 Å². The molecule has 0 spiro atoms. The van der Waals surface area contributed by atoms with Crippen LogP contribution < -0.4 is 11.0 Å². The lowest BCUT2D eigenvalue weighted by molar-refractivity contribution is -0.131. The highest BCUT2D eigenvalue weighted by molar-refractivity contribution is 7.92. The number of carbonyl (C=O) groups excluding carboxylic acids is 1. The third-order valence-electron chi connectivity index (χ3n) is 4.94. The minimum atomic E-state index is -3.91. The van der Waals surface area contributed by atoms with Crippen molar-refractivity contribution in [1.82, 2.24) is 15.0 Å². The fourth-order valence-electron chi connectivity index (χ4n) is 2.83. The van der Waals surface area contributed by atoms with Gasteiger partial charge in [-0.25, -0.2) is 23.3 Å². The second-order valence-corrected chi connectivity index (χ2v) is 9.32. The second-order valence-electron chi connectivity index (χ2n) is 6.87. The first kappa shape index (κ1) is 22.4. The molecule has 1 aromatic carbocycles. The maximum atomic E-state index is 14.5. The highest BCUT2D eigenvalue weighted by Crippen LogP contribution is 2.24. The Kier molecular flexibility index (Phi) is 6.39. The molecule has 0 aliphatic rings. The van der Waals surface area contributed by atoms with E-state index in [1.165, 1.54) is 23.9 Å². The van der Waals surface area contributed by atoms with Gasteiger partial charge in [0.15, 0.2) is 14.6 Å². The van der Waals surface area contributed by atoms with Crippen LogP contribution >= 0.6 is 0 Å². The number of aromatic nitrogens is 2. The van der Waals surface area contributed by atoms with Gasteiger partial charge in [-0.3, -0.25) is 19.4 Å². The Morgan fingerprint density at radius 2 is 2.10 bits per heavy atom. The minimum absolute atomic E-state index is 0.0211. The molecule has 1 aromatic heterocycles. The normalized spacial score (nSPS) is 14.4. The summed E-state index contributed by atoms with van der Waals surface area (Å²) in [5, 5.41) is 8.89. The van der Waals surface area contributed by atoms with Crippen LogP contribution in [-0.2, 0) is 21.2 Å². The van der Waals surface area contributed by atoms with E-state index in [1.54, 1.807) is 13.0 Å². The summed E-state index contributed by atoms with van der Waals surface area (Å²) in [6, 6.07) is 2.53. The van der Waals surface area contributed by atoms with Gasteiger partial charge in [0.05, 0.1) is 17.2 Å². The number of aryl methyl sites for hydroxylation is 1. The fourth-order valence-corrected chi connectivity index (χ4v) is 3.67.